The zero-order chi connectivity index (χ0) is 20.5. The highest BCUT2D eigenvalue weighted by Crippen LogP contribution is 2.36. The number of carbonyl (C=O) groups is 1. The Hall–Kier alpha value is -1.89. The topological polar surface area (TPSA) is 17.1 Å². The number of hydrogen-bond acceptors (Lipinski definition) is 1. The highest BCUT2D eigenvalue weighted by Gasteiger charge is 2.29. The molecule has 0 unspecified atom stereocenters. The van der Waals surface area contributed by atoms with E-state index in [4.69, 9.17) is 0 Å². The molecule has 0 heterocycles. The summed E-state index contributed by atoms with van der Waals surface area (Å²) in [5.41, 5.74) is 5.15. The van der Waals surface area contributed by atoms with Gasteiger partial charge in [0.15, 0.2) is 0 Å². The van der Waals surface area contributed by atoms with Crippen LogP contribution in [0.3, 0.4) is 0 Å². The third-order valence-corrected chi connectivity index (χ3v) is 6.63. The fourth-order valence-corrected chi connectivity index (χ4v) is 4.73. The van der Waals surface area contributed by atoms with Crippen molar-refractivity contribution < 1.29 is 4.79 Å². The van der Waals surface area contributed by atoms with Crippen LogP contribution in [-0.2, 0) is 11.2 Å². The van der Waals surface area contributed by atoms with Gasteiger partial charge in [-0.05, 0) is 53.9 Å². The van der Waals surface area contributed by atoms with Crippen LogP contribution in [-0.4, -0.2) is 5.78 Å². The van der Waals surface area contributed by atoms with Crippen molar-refractivity contribution in [2.75, 3.05) is 0 Å². The molecule has 0 radical (unpaired) electrons. The molecule has 1 aliphatic carbocycles. The molecule has 1 nitrogen and oxygen atoms in total. The van der Waals surface area contributed by atoms with Gasteiger partial charge in [-0.25, -0.2) is 0 Å². The van der Waals surface area contributed by atoms with E-state index in [0.717, 1.165) is 12.8 Å². The smallest absolute Gasteiger partial charge is 0.140 e. The van der Waals surface area contributed by atoms with Crippen molar-refractivity contribution in [3.05, 3.63) is 59.7 Å². The van der Waals surface area contributed by atoms with Gasteiger partial charge in [0.25, 0.3) is 0 Å². The van der Waals surface area contributed by atoms with Crippen LogP contribution in [0.25, 0.3) is 11.1 Å². The molecule has 0 aromatic heterocycles. The maximum absolute atomic E-state index is 12.7. The van der Waals surface area contributed by atoms with Crippen LogP contribution in [0.2, 0.25) is 0 Å². The number of Topliss-reactive ketones (excluding diaryl/α,β-unsaturated/α-hetero) is 1. The molecule has 0 bridgehead atoms. The molecule has 1 heteroatoms. The summed E-state index contributed by atoms with van der Waals surface area (Å²) in [7, 11) is 0. The zero-order valence-electron chi connectivity index (χ0n) is 18.5. The molecule has 1 saturated carbocycles. The van der Waals surface area contributed by atoms with Crippen LogP contribution in [0.1, 0.15) is 95.1 Å². The largest absolute Gasteiger partial charge is 0.299 e. The predicted molar refractivity (Wildman–Crippen MR) is 124 cm³/mol. The van der Waals surface area contributed by atoms with E-state index in [2.05, 4.69) is 62.4 Å². The molecule has 2 aromatic carbocycles. The summed E-state index contributed by atoms with van der Waals surface area (Å²) in [6, 6.07) is 17.8. The minimum Gasteiger partial charge on any atom is -0.299 e. The Morgan fingerprint density at radius 1 is 0.759 bits per heavy atom. The molecule has 2 atom stereocenters. The van der Waals surface area contributed by atoms with Crippen LogP contribution < -0.4 is 0 Å². The Balaban J connectivity index is 1.57. The first-order valence-electron chi connectivity index (χ1n) is 11.9. The highest BCUT2D eigenvalue weighted by molar-refractivity contribution is 5.86. The van der Waals surface area contributed by atoms with Crippen LogP contribution in [0.15, 0.2) is 48.5 Å². The van der Waals surface area contributed by atoms with Gasteiger partial charge in [-0.3, -0.25) is 4.79 Å². The first kappa shape index (κ1) is 21.8. The van der Waals surface area contributed by atoms with Gasteiger partial charge in [-0.15, -0.1) is 0 Å². The summed E-state index contributed by atoms with van der Waals surface area (Å²) in [5, 5.41) is 0. The van der Waals surface area contributed by atoms with Crippen molar-refractivity contribution in [1.82, 2.24) is 0 Å². The molecule has 1 fully saturated rings. The number of unbranched alkanes of at least 4 members (excludes halogenated alkanes) is 4. The van der Waals surface area contributed by atoms with Crippen LogP contribution in [0, 0.1) is 5.92 Å². The molecule has 156 valence electrons. The molecule has 0 saturated heterocycles. The summed E-state index contributed by atoms with van der Waals surface area (Å²) in [6.07, 6.45) is 13.1. The van der Waals surface area contributed by atoms with Crippen LogP contribution in [0.4, 0.5) is 0 Å². The third-order valence-electron chi connectivity index (χ3n) is 6.63. The molecule has 0 N–H and O–H groups in total. The van der Waals surface area contributed by atoms with Gasteiger partial charge < -0.3 is 0 Å². The first-order valence-corrected chi connectivity index (χ1v) is 11.9. The lowest BCUT2D eigenvalue weighted by Crippen LogP contribution is -2.23. The second-order valence-corrected chi connectivity index (χ2v) is 8.94. The highest BCUT2D eigenvalue weighted by atomic mass is 16.1. The van der Waals surface area contributed by atoms with E-state index in [1.807, 2.05) is 0 Å². The van der Waals surface area contributed by atoms with Gasteiger partial charge >= 0.3 is 0 Å². The van der Waals surface area contributed by atoms with Gasteiger partial charge in [-0.1, -0.05) is 101 Å². The number of ketones is 1. The molecule has 0 aliphatic heterocycles. The number of rotatable bonds is 10. The monoisotopic (exact) mass is 390 g/mol. The average Bonchev–Trinajstić information content (AvgIpc) is 2.75. The van der Waals surface area contributed by atoms with E-state index in [0.29, 0.717) is 11.7 Å². The van der Waals surface area contributed by atoms with E-state index >= 15 is 0 Å². The van der Waals surface area contributed by atoms with Gasteiger partial charge in [0, 0.05) is 12.3 Å². The standard InChI is InChI=1S/C28H38O/c1-3-5-7-9-22-11-14-24(15-12-22)25-16-18-26(19-17-25)27-20-13-23(21-28(27)29)10-8-6-4-2/h11-12,14-19,23,27H,3-10,13,20-21H2,1-2H3/t23-,27+/m0/s1. The van der Waals surface area contributed by atoms with Gasteiger partial charge in [0.2, 0.25) is 0 Å². The molecule has 1 aliphatic rings. The Bertz CT molecular complexity index is 741. The Kier molecular flexibility index (Phi) is 8.52. The van der Waals surface area contributed by atoms with Crippen molar-refractivity contribution in [3.63, 3.8) is 0 Å². The quantitative estimate of drug-likeness (QED) is 0.374. The average molecular weight is 391 g/mol. The van der Waals surface area contributed by atoms with E-state index in [9.17, 15) is 4.79 Å². The van der Waals surface area contributed by atoms with E-state index in [1.165, 1.54) is 80.0 Å². The summed E-state index contributed by atoms with van der Waals surface area (Å²) in [5.74, 6) is 1.20. The second-order valence-electron chi connectivity index (χ2n) is 8.94. The van der Waals surface area contributed by atoms with Crippen molar-refractivity contribution >= 4 is 5.78 Å². The molecular weight excluding hydrogens is 352 g/mol. The fourth-order valence-electron chi connectivity index (χ4n) is 4.73. The fraction of sp³-hybridized carbons (Fsp3) is 0.536. The molecular formula is C28H38O. The lowest BCUT2D eigenvalue weighted by molar-refractivity contribution is -0.123. The minimum absolute atomic E-state index is 0.118. The van der Waals surface area contributed by atoms with Crippen molar-refractivity contribution in [3.8, 4) is 11.1 Å². The summed E-state index contributed by atoms with van der Waals surface area (Å²) in [4.78, 5) is 12.7. The number of aryl methyl sites for hydroxylation is 1. The summed E-state index contributed by atoms with van der Waals surface area (Å²) in [6.45, 7) is 4.49. The van der Waals surface area contributed by atoms with Crippen molar-refractivity contribution in [1.29, 1.82) is 0 Å². The molecule has 29 heavy (non-hydrogen) atoms. The maximum Gasteiger partial charge on any atom is 0.140 e. The van der Waals surface area contributed by atoms with E-state index in [-0.39, 0.29) is 5.92 Å². The Labute approximate surface area is 177 Å². The van der Waals surface area contributed by atoms with E-state index in [1.54, 1.807) is 0 Å². The normalized spacial score (nSPS) is 19.4. The summed E-state index contributed by atoms with van der Waals surface area (Å²) < 4.78 is 0. The number of carbonyl (C=O) groups excluding carboxylic acids is 1. The van der Waals surface area contributed by atoms with Crippen LogP contribution in [0.5, 0.6) is 0 Å². The van der Waals surface area contributed by atoms with Gasteiger partial charge in [0.05, 0.1) is 0 Å². The zero-order valence-corrected chi connectivity index (χ0v) is 18.5. The SMILES string of the molecule is CCCCCc1ccc(-c2ccc([C@H]3CC[C@H](CCCCC)CC3=O)cc2)cc1. The number of hydrogen-bond donors (Lipinski definition) is 0. The molecule has 0 amide bonds. The van der Waals surface area contributed by atoms with Gasteiger partial charge in [0.1, 0.15) is 5.78 Å². The third kappa shape index (κ3) is 6.29. The maximum atomic E-state index is 12.7. The van der Waals surface area contributed by atoms with Crippen molar-refractivity contribution in [2.45, 2.75) is 90.4 Å². The van der Waals surface area contributed by atoms with Crippen molar-refractivity contribution in [2.24, 2.45) is 5.92 Å². The van der Waals surface area contributed by atoms with Gasteiger partial charge in [-0.2, -0.15) is 0 Å². The lowest BCUT2D eigenvalue weighted by atomic mass is 9.76. The Morgan fingerprint density at radius 3 is 2.00 bits per heavy atom. The second kappa shape index (κ2) is 11.3. The predicted octanol–water partition coefficient (Wildman–Crippen LogP) is 8.12. The molecule has 3 rings (SSSR count). The molecule has 0 spiro atoms. The summed E-state index contributed by atoms with van der Waals surface area (Å²) >= 11 is 0. The Morgan fingerprint density at radius 2 is 1.38 bits per heavy atom. The minimum atomic E-state index is 0.118. The number of benzene rings is 2. The molecule has 2 aromatic rings. The van der Waals surface area contributed by atoms with E-state index < -0.39 is 0 Å². The first-order chi connectivity index (χ1) is 14.2. The lowest BCUT2D eigenvalue weighted by Gasteiger charge is -2.27. The van der Waals surface area contributed by atoms with Crippen LogP contribution >= 0.6 is 0 Å².